The third-order valence-corrected chi connectivity index (χ3v) is 3.33. The lowest BCUT2D eigenvalue weighted by Gasteiger charge is -2.12. The van der Waals surface area contributed by atoms with E-state index in [4.69, 9.17) is 11.6 Å². The van der Waals surface area contributed by atoms with Crippen LogP contribution in [0.15, 0.2) is 42.5 Å². The fraction of sp³-hybridized carbons (Fsp3) is 0.188. The Bertz CT molecular complexity index is 603. The molecular formula is C16H16ClNO. The summed E-state index contributed by atoms with van der Waals surface area (Å²) in [5, 5.41) is 0.582. The van der Waals surface area contributed by atoms with E-state index < -0.39 is 0 Å². The van der Waals surface area contributed by atoms with Gasteiger partial charge in [-0.05, 0) is 48.9 Å². The van der Waals surface area contributed by atoms with Gasteiger partial charge in [-0.1, -0.05) is 17.7 Å². The van der Waals surface area contributed by atoms with Gasteiger partial charge in [0.2, 0.25) is 0 Å². The third kappa shape index (κ3) is 2.96. The summed E-state index contributed by atoms with van der Waals surface area (Å²) in [4.78, 5) is 14.4. The summed E-state index contributed by atoms with van der Waals surface area (Å²) in [6, 6.07) is 12.9. The van der Waals surface area contributed by atoms with E-state index in [1.165, 1.54) is 0 Å². The molecule has 0 atom stereocenters. The number of hydrogen-bond acceptors (Lipinski definition) is 2. The molecule has 3 heteroatoms. The summed E-state index contributed by atoms with van der Waals surface area (Å²) in [5.74, 6) is 0.00491. The topological polar surface area (TPSA) is 20.3 Å². The van der Waals surface area contributed by atoms with Crippen LogP contribution in [0.5, 0.6) is 0 Å². The van der Waals surface area contributed by atoms with Crippen LogP contribution in [-0.2, 0) is 0 Å². The molecule has 0 amide bonds. The number of halogens is 1. The van der Waals surface area contributed by atoms with Crippen molar-refractivity contribution in [3.8, 4) is 0 Å². The van der Waals surface area contributed by atoms with Crippen molar-refractivity contribution < 1.29 is 4.79 Å². The van der Waals surface area contributed by atoms with Gasteiger partial charge in [-0.25, -0.2) is 0 Å². The number of rotatable bonds is 3. The third-order valence-electron chi connectivity index (χ3n) is 3.09. The van der Waals surface area contributed by atoms with Gasteiger partial charge in [0.25, 0.3) is 0 Å². The highest BCUT2D eigenvalue weighted by Crippen LogP contribution is 2.20. The Kier molecular flexibility index (Phi) is 3.91. The quantitative estimate of drug-likeness (QED) is 0.790. The first-order chi connectivity index (χ1) is 8.99. The summed E-state index contributed by atoms with van der Waals surface area (Å²) in [6.07, 6.45) is 0. The van der Waals surface area contributed by atoms with Crippen molar-refractivity contribution in [3.05, 3.63) is 64.2 Å². The average Bonchev–Trinajstić information content (AvgIpc) is 2.41. The molecule has 19 heavy (non-hydrogen) atoms. The first-order valence-electron chi connectivity index (χ1n) is 6.07. The Morgan fingerprint density at radius 3 is 2.26 bits per heavy atom. The normalized spacial score (nSPS) is 10.3. The Labute approximate surface area is 118 Å². The molecule has 0 radical (unpaired) electrons. The molecule has 0 aromatic heterocycles. The van der Waals surface area contributed by atoms with Crippen LogP contribution in [0.3, 0.4) is 0 Å². The van der Waals surface area contributed by atoms with E-state index in [9.17, 15) is 4.79 Å². The Balaban J connectivity index is 2.36. The molecule has 2 aromatic carbocycles. The zero-order valence-corrected chi connectivity index (χ0v) is 12.0. The molecule has 0 unspecified atom stereocenters. The van der Waals surface area contributed by atoms with E-state index in [-0.39, 0.29) is 5.78 Å². The van der Waals surface area contributed by atoms with Crippen molar-refractivity contribution in [2.45, 2.75) is 6.92 Å². The fourth-order valence-electron chi connectivity index (χ4n) is 1.91. The van der Waals surface area contributed by atoms with E-state index in [0.717, 1.165) is 11.3 Å². The summed E-state index contributed by atoms with van der Waals surface area (Å²) < 4.78 is 0. The van der Waals surface area contributed by atoms with E-state index in [1.807, 2.05) is 56.3 Å². The number of aryl methyl sites for hydroxylation is 1. The zero-order chi connectivity index (χ0) is 14.0. The molecule has 0 saturated heterocycles. The zero-order valence-electron chi connectivity index (χ0n) is 11.3. The molecule has 2 rings (SSSR count). The number of nitrogens with zero attached hydrogens (tertiary/aromatic N) is 1. The highest BCUT2D eigenvalue weighted by atomic mass is 35.5. The molecular weight excluding hydrogens is 258 g/mol. The monoisotopic (exact) mass is 273 g/mol. The number of anilines is 1. The van der Waals surface area contributed by atoms with Crippen LogP contribution in [0.2, 0.25) is 5.02 Å². The molecule has 2 aromatic rings. The lowest BCUT2D eigenvalue weighted by Crippen LogP contribution is -2.09. The molecule has 0 bridgehead atoms. The van der Waals surface area contributed by atoms with Crippen LogP contribution < -0.4 is 4.90 Å². The lowest BCUT2D eigenvalue weighted by atomic mass is 9.99. The molecule has 0 aliphatic heterocycles. The highest BCUT2D eigenvalue weighted by Gasteiger charge is 2.12. The molecule has 0 saturated carbocycles. The average molecular weight is 274 g/mol. The summed E-state index contributed by atoms with van der Waals surface area (Å²) in [6.45, 7) is 1.91. The molecule has 98 valence electrons. The molecule has 0 N–H and O–H groups in total. The van der Waals surface area contributed by atoms with Crippen LogP contribution in [0.1, 0.15) is 21.5 Å². The predicted octanol–water partition coefficient (Wildman–Crippen LogP) is 3.95. The first-order valence-corrected chi connectivity index (χ1v) is 6.45. The highest BCUT2D eigenvalue weighted by molar-refractivity contribution is 6.31. The van der Waals surface area contributed by atoms with Gasteiger partial charge < -0.3 is 4.90 Å². The van der Waals surface area contributed by atoms with Crippen molar-refractivity contribution in [1.29, 1.82) is 0 Å². The summed E-state index contributed by atoms with van der Waals surface area (Å²) >= 11 is 5.96. The van der Waals surface area contributed by atoms with Crippen molar-refractivity contribution in [2.75, 3.05) is 19.0 Å². The number of carbonyl (C=O) groups is 1. The number of ketones is 1. The first kappa shape index (κ1) is 13.6. The SMILES string of the molecule is Cc1ccc(Cl)cc1C(=O)c1ccc(N(C)C)cc1. The molecule has 0 aliphatic carbocycles. The van der Waals surface area contributed by atoms with Gasteiger partial charge in [0.15, 0.2) is 5.78 Å². The van der Waals surface area contributed by atoms with Crippen molar-refractivity contribution in [1.82, 2.24) is 0 Å². The Hall–Kier alpha value is -1.80. The minimum atomic E-state index is 0.00491. The smallest absolute Gasteiger partial charge is 0.193 e. The molecule has 0 aliphatic rings. The molecule has 0 fully saturated rings. The number of carbonyl (C=O) groups excluding carboxylic acids is 1. The van der Waals surface area contributed by atoms with Gasteiger partial charge in [-0.3, -0.25) is 4.79 Å². The Morgan fingerprint density at radius 2 is 1.68 bits per heavy atom. The van der Waals surface area contributed by atoms with Gasteiger partial charge in [-0.15, -0.1) is 0 Å². The second-order valence-corrected chi connectivity index (χ2v) is 5.17. The van der Waals surface area contributed by atoms with Crippen LogP contribution in [0.4, 0.5) is 5.69 Å². The van der Waals surface area contributed by atoms with Gasteiger partial charge >= 0.3 is 0 Å². The largest absolute Gasteiger partial charge is 0.378 e. The van der Waals surface area contributed by atoms with Crippen LogP contribution in [0, 0.1) is 6.92 Å². The number of hydrogen-bond donors (Lipinski definition) is 0. The van der Waals surface area contributed by atoms with Crippen molar-refractivity contribution in [3.63, 3.8) is 0 Å². The van der Waals surface area contributed by atoms with Gasteiger partial charge in [0, 0.05) is 35.9 Å². The summed E-state index contributed by atoms with van der Waals surface area (Å²) in [5.41, 5.74) is 3.34. The minimum absolute atomic E-state index is 0.00491. The molecule has 0 heterocycles. The van der Waals surface area contributed by atoms with E-state index in [0.29, 0.717) is 16.1 Å². The second kappa shape index (κ2) is 5.45. The summed E-state index contributed by atoms with van der Waals surface area (Å²) in [7, 11) is 3.94. The van der Waals surface area contributed by atoms with Crippen LogP contribution in [0.25, 0.3) is 0 Å². The minimum Gasteiger partial charge on any atom is -0.378 e. The van der Waals surface area contributed by atoms with Gasteiger partial charge in [-0.2, -0.15) is 0 Å². The van der Waals surface area contributed by atoms with Gasteiger partial charge in [0.1, 0.15) is 0 Å². The molecule has 0 spiro atoms. The maximum Gasteiger partial charge on any atom is 0.193 e. The van der Waals surface area contributed by atoms with E-state index in [1.54, 1.807) is 12.1 Å². The van der Waals surface area contributed by atoms with Crippen molar-refractivity contribution >= 4 is 23.1 Å². The predicted molar refractivity (Wildman–Crippen MR) is 80.4 cm³/mol. The van der Waals surface area contributed by atoms with Crippen molar-refractivity contribution in [2.24, 2.45) is 0 Å². The number of benzene rings is 2. The maximum absolute atomic E-state index is 12.4. The fourth-order valence-corrected chi connectivity index (χ4v) is 2.08. The standard InChI is InChI=1S/C16H16ClNO/c1-11-4-7-13(17)10-15(11)16(19)12-5-8-14(9-6-12)18(2)3/h4-10H,1-3H3. The van der Waals surface area contributed by atoms with Gasteiger partial charge in [0.05, 0.1) is 0 Å². The molecule has 2 nitrogen and oxygen atoms in total. The van der Waals surface area contributed by atoms with E-state index in [2.05, 4.69) is 0 Å². The Morgan fingerprint density at radius 1 is 1.05 bits per heavy atom. The van der Waals surface area contributed by atoms with E-state index >= 15 is 0 Å². The lowest BCUT2D eigenvalue weighted by molar-refractivity contribution is 0.103. The van der Waals surface area contributed by atoms with Crippen LogP contribution in [-0.4, -0.2) is 19.9 Å². The van der Waals surface area contributed by atoms with Crippen LogP contribution >= 0.6 is 11.6 Å². The maximum atomic E-state index is 12.4. The second-order valence-electron chi connectivity index (χ2n) is 4.73.